The van der Waals surface area contributed by atoms with Gasteiger partial charge >= 0.3 is 5.97 Å². The maximum absolute atomic E-state index is 12.1. The van der Waals surface area contributed by atoms with Gasteiger partial charge in [-0.1, -0.05) is 12.1 Å². The van der Waals surface area contributed by atoms with E-state index in [-0.39, 0.29) is 19.1 Å². The van der Waals surface area contributed by atoms with Crippen LogP contribution in [-0.4, -0.2) is 43.3 Å². The molecule has 0 bridgehead atoms. The second-order valence-corrected chi connectivity index (χ2v) is 6.56. The number of nitriles is 1. The lowest BCUT2D eigenvalue weighted by Gasteiger charge is -2.17. The minimum atomic E-state index is -0.634. The fourth-order valence-electron chi connectivity index (χ4n) is 2.16. The van der Waals surface area contributed by atoms with Crippen LogP contribution in [0.2, 0.25) is 0 Å². The first-order chi connectivity index (χ1) is 13.0. The molecule has 0 aliphatic carbocycles. The summed E-state index contributed by atoms with van der Waals surface area (Å²) in [6.45, 7) is -0.208. The maximum atomic E-state index is 12.1. The summed E-state index contributed by atoms with van der Waals surface area (Å²) in [5.74, 6) is -0.482. The lowest BCUT2D eigenvalue weighted by molar-refractivity contribution is -0.153. The third-order valence-electron chi connectivity index (χ3n) is 3.70. The molecule has 1 amide bonds. The molecule has 0 saturated carbocycles. The van der Waals surface area contributed by atoms with Crippen LogP contribution in [0.3, 0.4) is 0 Å². The van der Waals surface area contributed by atoms with E-state index in [9.17, 15) is 9.59 Å². The first kappa shape index (κ1) is 20.3. The van der Waals surface area contributed by atoms with Crippen molar-refractivity contribution >= 4 is 23.6 Å². The van der Waals surface area contributed by atoms with Crippen molar-refractivity contribution in [1.82, 2.24) is 4.90 Å². The highest BCUT2D eigenvalue weighted by molar-refractivity contribution is 7.98. The topological polar surface area (TPSA) is 79.6 Å². The van der Waals surface area contributed by atoms with Crippen LogP contribution in [0.15, 0.2) is 53.4 Å². The Balaban J connectivity index is 1.72. The molecular formula is C20H20N2O4S. The van der Waals surface area contributed by atoms with Gasteiger partial charge in [0.05, 0.1) is 11.6 Å². The molecule has 0 fully saturated rings. The fraction of sp³-hybridized carbons (Fsp3) is 0.250. The van der Waals surface area contributed by atoms with E-state index >= 15 is 0 Å². The predicted molar refractivity (Wildman–Crippen MR) is 102 cm³/mol. The normalized spacial score (nSPS) is 9.96. The number of esters is 1. The van der Waals surface area contributed by atoms with Crippen LogP contribution in [0.5, 0.6) is 5.75 Å². The second-order valence-electron chi connectivity index (χ2n) is 5.68. The Bertz CT molecular complexity index is 813. The van der Waals surface area contributed by atoms with E-state index < -0.39 is 5.97 Å². The number of carbonyl (C=O) groups is 2. The summed E-state index contributed by atoms with van der Waals surface area (Å²) in [5.41, 5.74) is 1.50. The third-order valence-corrected chi connectivity index (χ3v) is 4.44. The van der Waals surface area contributed by atoms with Gasteiger partial charge < -0.3 is 14.4 Å². The molecule has 0 unspecified atom stereocenters. The van der Waals surface area contributed by atoms with E-state index in [1.807, 2.05) is 36.6 Å². The zero-order valence-electron chi connectivity index (χ0n) is 15.2. The van der Waals surface area contributed by atoms with Crippen LogP contribution < -0.4 is 4.74 Å². The van der Waals surface area contributed by atoms with Crippen LogP contribution in [0.1, 0.15) is 11.1 Å². The van der Waals surface area contributed by atoms with Gasteiger partial charge in [0.2, 0.25) is 0 Å². The molecule has 0 aliphatic heterocycles. The lowest BCUT2D eigenvalue weighted by atomic mass is 10.2. The van der Waals surface area contributed by atoms with Crippen molar-refractivity contribution < 1.29 is 19.1 Å². The van der Waals surface area contributed by atoms with E-state index in [2.05, 4.69) is 0 Å². The summed E-state index contributed by atoms with van der Waals surface area (Å²) >= 11 is 1.65. The minimum Gasteiger partial charge on any atom is -0.482 e. The summed E-state index contributed by atoms with van der Waals surface area (Å²) in [5, 5.41) is 8.73. The summed E-state index contributed by atoms with van der Waals surface area (Å²) in [6.07, 6.45) is 2.00. The molecule has 7 heteroatoms. The summed E-state index contributed by atoms with van der Waals surface area (Å²) in [4.78, 5) is 26.5. The van der Waals surface area contributed by atoms with E-state index in [0.29, 0.717) is 17.9 Å². The number of likely N-dealkylation sites (N-methyl/N-ethyl adjacent to an activating group) is 1. The number of carbonyl (C=O) groups excluding carboxylic acids is 2. The van der Waals surface area contributed by atoms with Crippen molar-refractivity contribution in [3.63, 3.8) is 0 Å². The van der Waals surface area contributed by atoms with Crippen molar-refractivity contribution in [2.45, 2.75) is 11.4 Å². The Morgan fingerprint density at radius 3 is 2.33 bits per heavy atom. The summed E-state index contributed by atoms with van der Waals surface area (Å²) in [6, 6.07) is 16.3. The molecule has 0 atom stereocenters. The standard InChI is InChI=1S/C20H20N2O4S/c1-22(12-16-5-9-18(27-2)10-6-16)19(23)13-26-20(24)14-25-17-7-3-15(11-21)4-8-17/h3-10H,12-14H2,1-2H3. The van der Waals surface area contributed by atoms with Gasteiger partial charge in [0.1, 0.15) is 5.75 Å². The van der Waals surface area contributed by atoms with Gasteiger partial charge in [-0.25, -0.2) is 4.79 Å². The number of rotatable bonds is 8. The molecule has 0 saturated heterocycles. The van der Waals surface area contributed by atoms with Gasteiger partial charge in [0.25, 0.3) is 5.91 Å². The van der Waals surface area contributed by atoms with Crippen molar-refractivity contribution in [3.05, 3.63) is 59.7 Å². The van der Waals surface area contributed by atoms with Crippen molar-refractivity contribution in [3.8, 4) is 11.8 Å². The van der Waals surface area contributed by atoms with Crippen LogP contribution in [0.25, 0.3) is 0 Å². The molecule has 0 spiro atoms. The molecule has 2 aromatic carbocycles. The largest absolute Gasteiger partial charge is 0.482 e. The van der Waals surface area contributed by atoms with Crippen LogP contribution in [-0.2, 0) is 20.9 Å². The molecule has 0 aliphatic rings. The monoisotopic (exact) mass is 384 g/mol. The highest BCUT2D eigenvalue weighted by atomic mass is 32.2. The zero-order chi connectivity index (χ0) is 19.6. The van der Waals surface area contributed by atoms with E-state index in [0.717, 1.165) is 10.5 Å². The van der Waals surface area contributed by atoms with E-state index in [1.165, 1.54) is 4.90 Å². The highest BCUT2D eigenvalue weighted by Gasteiger charge is 2.13. The second kappa shape index (κ2) is 10.2. The molecule has 27 heavy (non-hydrogen) atoms. The molecule has 2 rings (SSSR count). The van der Waals surface area contributed by atoms with E-state index in [1.54, 1.807) is 43.1 Å². The third kappa shape index (κ3) is 6.68. The SMILES string of the molecule is CSc1ccc(CN(C)C(=O)COC(=O)COc2ccc(C#N)cc2)cc1. The van der Waals surface area contributed by atoms with Gasteiger partial charge in [0, 0.05) is 18.5 Å². The number of thioether (sulfide) groups is 1. The van der Waals surface area contributed by atoms with Crippen molar-refractivity contribution in [1.29, 1.82) is 5.26 Å². The Morgan fingerprint density at radius 1 is 1.07 bits per heavy atom. The number of amides is 1. The maximum Gasteiger partial charge on any atom is 0.344 e. The lowest BCUT2D eigenvalue weighted by Crippen LogP contribution is -2.31. The minimum absolute atomic E-state index is 0.296. The highest BCUT2D eigenvalue weighted by Crippen LogP contribution is 2.15. The number of ether oxygens (including phenoxy) is 2. The van der Waals surface area contributed by atoms with Crippen LogP contribution in [0.4, 0.5) is 0 Å². The quantitative estimate of drug-likeness (QED) is 0.514. The average Bonchev–Trinajstić information content (AvgIpc) is 2.71. The molecule has 0 radical (unpaired) electrons. The van der Waals surface area contributed by atoms with Gasteiger partial charge in [-0.3, -0.25) is 4.79 Å². The molecular weight excluding hydrogens is 364 g/mol. The molecule has 0 heterocycles. The fourth-order valence-corrected chi connectivity index (χ4v) is 2.56. The van der Waals surface area contributed by atoms with E-state index in [4.69, 9.17) is 14.7 Å². The van der Waals surface area contributed by atoms with Crippen molar-refractivity contribution in [2.75, 3.05) is 26.5 Å². The molecule has 0 N–H and O–H groups in total. The van der Waals surface area contributed by atoms with Gasteiger partial charge in [-0.05, 0) is 48.2 Å². The van der Waals surface area contributed by atoms with Gasteiger partial charge in [0.15, 0.2) is 13.2 Å². The smallest absolute Gasteiger partial charge is 0.344 e. The van der Waals surface area contributed by atoms with Crippen LogP contribution >= 0.6 is 11.8 Å². The number of benzene rings is 2. The number of nitrogens with zero attached hydrogens (tertiary/aromatic N) is 2. The van der Waals surface area contributed by atoms with Crippen LogP contribution in [0, 0.1) is 11.3 Å². The molecule has 6 nitrogen and oxygen atoms in total. The number of hydrogen-bond donors (Lipinski definition) is 0. The Hall–Kier alpha value is -2.98. The predicted octanol–water partition coefficient (Wildman–Crippen LogP) is 2.86. The first-order valence-electron chi connectivity index (χ1n) is 8.17. The molecule has 140 valence electrons. The Kier molecular flexibility index (Phi) is 7.71. The molecule has 2 aromatic rings. The molecule has 0 aromatic heterocycles. The summed E-state index contributed by atoms with van der Waals surface area (Å²) in [7, 11) is 1.66. The Morgan fingerprint density at radius 2 is 1.74 bits per heavy atom. The Labute approximate surface area is 162 Å². The zero-order valence-corrected chi connectivity index (χ0v) is 16.0. The average molecular weight is 384 g/mol. The van der Waals surface area contributed by atoms with Gasteiger partial charge in [-0.15, -0.1) is 11.8 Å². The number of hydrogen-bond acceptors (Lipinski definition) is 6. The van der Waals surface area contributed by atoms with Gasteiger partial charge in [-0.2, -0.15) is 5.26 Å². The summed E-state index contributed by atoms with van der Waals surface area (Å²) < 4.78 is 10.2. The van der Waals surface area contributed by atoms with Crippen molar-refractivity contribution in [2.24, 2.45) is 0 Å². The first-order valence-corrected chi connectivity index (χ1v) is 9.40.